The van der Waals surface area contributed by atoms with E-state index in [1.807, 2.05) is 6.07 Å². The molecule has 0 atom stereocenters. The predicted molar refractivity (Wildman–Crippen MR) is 108 cm³/mol. The van der Waals surface area contributed by atoms with Gasteiger partial charge in [-0.1, -0.05) is 11.6 Å². The lowest BCUT2D eigenvalue weighted by atomic mass is 9.86. The fourth-order valence-electron chi connectivity index (χ4n) is 3.58. The molecule has 0 bridgehead atoms. The average molecular weight is 442 g/mol. The third-order valence-corrected chi connectivity index (χ3v) is 5.62. The number of pyridine rings is 1. The first-order chi connectivity index (χ1) is 14.3. The largest absolute Gasteiger partial charge is 0.416 e. The Morgan fingerprint density at radius 1 is 1.17 bits per heavy atom. The summed E-state index contributed by atoms with van der Waals surface area (Å²) in [5, 5.41) is 15.3. The number of aliphatic hydroxyl groups excluding tert-OH is 1. The van der Waals surface area contributed by atoms with E-state index in [-0.39, 0.29) is 23.2 Å². The molecule has 1 aliphatic rings. The lowest BCUT2D eigenvalue weighted by molar-refractivity contribution is -0.137. The van der Waals surface area contributed by atoms with Gasteiger partial charge in [0.1, 0.15) is 0 Å². The van der Waals surface area contributed by atoms with Crippen LogP contribution in [0, 0.1) is 5.92 Å². The van der Waals surface area contributed by atoms with E-state index >= 15 is 0 Å². The zero-order valence-corrected chi connectivity index (χ0v) is 16.9. The minimum atomic E-state index is -4.53. The van der Waals surface area contributed by atoms with Crippen molar-refractivity contribution in [1.82, 2.24) is 10.3 Å². The number of amides is 1. The molecular weight excluding hydrogens is 419 g/mol. The van der Waals surface area contributed by atoms with Crippen LogP contribution in [0.2, 0.25) is 5.02 Å². The Labute approximate surface area is 177 Å². The van der Waals surface area contributed by atoms with Crippen LogP contribution in [-0.4, -0.2) is 28.6 Å². The highest BCUT2D eigenvalue weighted by Crippen LogP contribution is 2.32. The highest BCUT2D eigenvalue weighted by Gasteiger charge is 2.32. The molecule has 30 heavy (non-hydrogen) atoms. The number of alkyl halides is 3. The van der Waals surface area contributed by atoms with Gasteiger partial charge in [0.25, 0.3) is 5.91 Å². The number of aliphatic hydroxyl groups is 1. The number of nitrogens with zero attached hydrogens (tertiary/aromatic N) is 1. The number of benzene rings is 1. The number of carbonyl (C=O) groups excluding carboxylic acids is 1. The van der Waals surface area contributed by atoms with Gasteiger partial charge in [-0.2, -0.15) is 13.2 Å². The molecule has 1 amide bonds. The minimum absolute atomic E-state index is 0.00268. The van der Waals surface area contributed by atoms with Gasteiger partial charge in [0.05, 0.1) is 28.4 Å². The second kappa shape index (κ2) is 9.66. The Bertz CT molecular complexity index is 884. The van der Waals surface area contributed by atoms with Crippen molar-refractivity contribution in [3.63, 3.8) is 0 Å². The summed E-state index contributed by atoms with van der Waals surface area (Å²) in [6.07, 6.45) is 2.01. The van der Waals surface area contributed by atoms with Crippen LogP contribution in [0.5, 0.6) is 0 Å². The van der Waals surface area contributed by atoms with Gasteiger partial charge >= 0.3 is 6.18 Å². The fourth-order valence-corrected chi connectivity index (χ4v) is 3.79. The molecule has 0 unspecified atom stereocenters. The number of hydrogen-bond acceptors (Lipinski definition) is 4. The maximum atomic E-state index is 12.9. The van der Waals surface area contributed by atoms with Crippen molar-refractivity contribution in [2.24, 2.45) is 5.92 Å². The molecule has 0 radical (unpaired) electrons. The number of carbonyl (C=O) groups is 1. The van der Waals surface area contributed by atoms with Gasteiger partial charge in [0.15, 0.2) is 0 Å². The SMILES string of the molecule is O=C(N[C@H]1CC[C@H](CNc2cncc(CO)c2)CC1)c1cc(C(F)(F)F)ccc1Cl. The van der Waals surface area contributed by atoms with E-state index in [1.54, 1.807) is 12.4 Å². The summed E-state index contributed by atoms with van der Waals surface area (Å²) in [6, 6.07) is 4.50. The molecule has 0 aliphatic heterocycles. The van der Waals surface area contributed by atoms with E-state index in [4.69, 9.17) is 16.7 Å². The lowest BCUT2D eigenvalue weighted by Gasteiger charge is -2.29. The second-order valence-corrected chi connectivity index (χ2v) is 7.91. The Morgan fingerprint density at radius 3 is 2.57 bits per heavy atom. The molecule has 2 aromatic rings. The van der Waals surface area contributed by atoms with Gasteiger partial charge in [-0.05, 0) is 61.4 Å². The van der Waals surface area contributed by atoms with E-state index < -0.39 is 17.6 Å². The van der Waals surface area contributed by atoms with Gasteiger partial charge in [-0.25, -0.2) is 0 Å². The molecule has 1 aliphatic carbocycles. The van der Waals surface area contributed by atoms with Gasteiger partial charge in [-0.3, -0.25) is 9.78 Å². The Hall–Kier alpha value is -2.32. The lowest BCUT2D eigenvalue weighted by Crippen LogP contribution is -2.38. The maximum absolute atomic E-state index is 12.9. The second-order valence-electron chi connectivity index (χ2n) is 7.50. The Morgan fingerprint density at radius 2 is 1.90 bits per heavy atom. The van der Waals surface area contributed by atoms with Crippen LogP contribution in [0.15, 0.2) is 36.7 Å². The van der Waals surface area contributed by atoms with E-state index in [2.05, 4.69) is 15.6 Å². The zero-order valence-electron chi connectivity index (χ0n) is 16.2. The summed E-state index contributed by atoms with van der Waals surface area (Å²) in [5.41, 5.74) is 0.522. The van der Waals surface area contributed by atoms with Gasteiger partial charge in [0.2, 0.25) is 0 Å². The van der Waals surface area contributed by atoms with Gasteiger partial charge < -0.3 is 15.7 Å². The molecule has 1 heterocycles. The monoisotopic (exact) mass is 441 g/mol. The van der Waals surface area contributed by atoms with Crippen molar-refractivity contribution >= 4 is 23.2 Å². The van der Waals surface area contributed by atoms with Crippen LogP contribution in [-0.2, 0) is 12.8 Å². The Balaban J connectivity index is 1.50. The van der Waals surface area contributed by atoms with Crippen LogP contribution >= 0.6 is 11.6 Å². The Kier molecular flexibility index (Phi) is 7.20. The fraction of sp³-hybridized carbons (Fsp3) is 0.429. The first kappa shape index (κ1) is 22.4. The van der Waals surface area contributed by atoms with Crippen molar-refractivity contribution in [1.29, 1.82) is 0 Å². The van der Waals surface area contributed by atoms with Crippen LogP contribution in [0.4, 0.5) is 18.9 Å². The summed E-state index contributed by atoms with van der Waals surface area (Å²) in [7, 11) is 0. The minimum Gasteiger partial charge on any atom is -0.392 e. The number of aromatic nitrogens is 1. The normalized spacial score (nSPS) is 19.4. The molecule has 3 rings (SSSR count). The topological polar surface area (TPSA) is 74.2 Å². The molecule has 5 nitrogen and oxygen atoms in total. The van der Waals surface area contributed by atoms with Crippen LogP contribution in [0.3, 0.4) is 0 Å². The summed E-state index contributed by atoms with van der Waals surface area (Å²) >= 11 is 5.95. The molecule has 162 valence electrons. The van der Waals surface area contributed by atoms with Crippen molar-refractivity contribution in [3.05, 3.63) is 58.4 Å². The van der Waals surface area contributed by atoms with E-state index in [1.165, 1.54) is 0 Å². The summed E-state index contributed by atoms with van der Waals surface area (Å²) in [6.45, 7) is 0.680. The van der Waals surface area contributed by atoms with Gasteiger partial charge in [-0.15, -0.1) is 0 Å². The summed E-state index contributed by atoms with van der Waals surface area (Å²) in [5.74, 6) is -0.173. The molecule has 1 aromatic heterocycles. The number of anilines is 1. The maximum Gasteiger partial charge on any atom is 0.416 e. The molecule has 9 heteroatoms. The van der Waals surface area contributed by atoms with E-state index in [0.29, 0.717) is 5.92 Å². The van der Waals surface area contributed by atoms with Crippen molar-refractivity contribution in [2.45, 2.75) is 44.5 Å². The molecule has 1 saturated carbocycles. The van der Waals surface area contributed by atoms with Crippen molar-refractivity contribution in [2.75, 3.05) is 11.9 Å². The molecule has 3 N–H and O–H groups in total. The quantitative estimate of drug-likeness (QED) is 0.610. The smallest absolute Gasteiger partial charge is 0.392 e. The third-order valence-electron chi connectivity index (χ3n) is 5.29. The first-order valence-corrected chi connectivity index (χ1v) is 10.1. The highest BCUT2D eigenvalue weighted by atomic mass is 35.5. The first-order valence-electron chi connectivity index (χ1n) is 9.72. The molecule has 1 fully saturated rings. The number of halogens is 4. The average Bonchev–Trinajstić information content (AvgIpc) is 2.73. The van der Waals surface area contributed by atoms with Crippen molar-refractivity contribution < 1.29 is 23.1 Å². The summed E-state index contributed by atoms with van der Waals surface area (Å²) < 4.78 is 38.7. The number of hydrogen-bond donors (Lipinski definition) is 3. The van der Waals surface area contributed by atoms with E-state index in [0.717, 1.165) is 61.7 Å². The third kappa shape index (κ3) is 5.86. The summed E-state index contributed by atoms with van der Waals surface area (Å²) in [4.78, 5) is 16.5. The molecule has 0 spiro atoms. The molecule has 0 saturated heterocycles. The number of nitrogens with one attached hydrogen (secondary N) is 2. The zero-order chi connectivity index (χ0) is 21.7. The van der Waals surface area contributed by atoms with Crippen LogP contribution < -0.4 is 10.6 Å². The predicted octanol–water partition coefficient (Wildman–Crippen LogP) is 4.65. The van der Waals surface area contributed by atoms with Crippen LogP contribution in [0.1, 0.15) is 47.2 Å². The number of rotatable bonds is 6. The molecular formula is C21H23ClF3N3O2. The standard InChI is InChI=1S/C21H23ClF3N3O2/c22-19-6-3-15(21(23,24)25)8-18(19)20(30)28-16-4-1-13(2-5-16)10-27-17-7-14(12-29)9-26-11-17/h3,6-9,11,13,16,27,29H,1-2,4-5,10,12H2,(H,28,30)/t13-,16-. The van der Waals surface area contributed by atoms with Crippen molar-refractivity contribution in [3.8, 4) is 0 Å². The van der Waals surface area contributed by atoms with E-state index in [9.17, 15) is 18.0 Å². The van der Waals surface area contributed by atoms with Gasteiger partial charge in [0, 0.05) is 25.0 Å². The highest BCUT2D eigenvalue weighted by molar-refractivity contribution is 6.33. The van der Waals surface area contributed by atoms with Crippen LogP contribution in [0.25, 0.3) is 0 Å². The molecule has 1 aromatic carbocycles.